The van der Waals surface area contributed by atoms with Gasteiger partial charge in [0.1, 0.15) is 0 Å². The largest absolute Gasteiger partial charge is 0.196 e. The molecule has 94 valence electrons. The Kier molecular flexibility index (Phi) is 6.43. The van der Waals surface area contributed by atoms with Crippen molar-refractivity contribution in [2.45, 2.75) is 70.9 Å². The quantitative estimate of drug-likeness (QED) is 0.624. The molecule has 4 heteroatoms. The molecule has 0 spiro atoms. The van der Waals surface area contributed by atoms with E-state index < -0.39 is 11.1 Å². The van der Waals surface area contributed by atoms with Gasteiger partial charge in [0, 0.05) is 0 Å². The summed E-state index contributed by atoms with van der Waals surface area (Å²) in [4.78, 5) is 0. The fourth-order valence-electron chi connectivity index (χ4n) is 1.49. The summed E-state index contributed by atoms with van der Waals surface area (Å²) in [5, 5.41) is 26.4. The van der Waals surface area contributed by atoms with Gasteiger partial charge >= 0.3 is 0 Å². The number of hydrogen-bond donors (Lipinski definition) is 0. The Morgan fingerprint density at radius 2 is 1.35 bits per heavy atom. The van der Waals surface area contributed by atoms with Gasteiger partial charge in [-0.2, -0.15) is 20.8 Å². The zero-order chi connectivity index (χ0) is 13.4. The molecule has 17 heavy (non-hydrogen) atoms. The lowest BCUT2D eigenvalue weighted by molar-refractivity contribution is 0.439. The molecular formula is C13H22N4. The molecule has 0 radical (unpaired) electrons. The molecule has 0 rings (SSSR count). The van der Waals surface area contributed by atoms with Gasteiger partial charge in [-0.15, -0.1) is 0 Å². The number of nitriles is 2. The first-order valence-electron chi connectivity index (χ1n) is 6.22. The van der Waals surface area contributed by atoms with Crippen molar-refractivity contribution >= 4 is 0 Å². The molecule has 0 amide bonds. The van der Waals surface area contributed by atoms with E-state index >= 15 is 0 Å². The van der Waals surface area contributed by atoms with E-state index in [0.717, 1.165) is 19.3 Å². The van der Waals surface area contributed by atoms with Crippen LogP contribution in [0.1, 0.15) is 59.8 Å². The number of hydrogen-bond acceptors (Lipinski definition) is 4. The Balaban J connectivity index is 4.77. The third kappa shape index (κ3) is 5.45. The van der Waals surface area contributed by atoms with E-state index in [1.807, 2.05) is 6.92 Å². The standard InChI is InChI=1S/C13H22N4/c1-5-7-9-13(4,11-15)17-16-12(3,10-14)8-6-2/h5-9H2,1-4H3. The van der Waals surface area contributed by atoms with Gasteiger partial charge in [-0.3, -0.25) is 0 Å². The Hall–Kier alpha value is -1.42. The zero-order valence-electron chi connectivity index (χ0n) is 11.3. The maximum atomic E-state index is 9.12. The van der Waals surface area contributed by atoms with Crippen molar-refractivity contribution in [3.63, 3.8) is 0 Å². The molecule has 0 aliphatic heterocycles. The average Bonchev–Trinajstić information content (AvgIpc) is 2.34. The smallest absolute Gasteiger partial charge is 0.164 e. The molecule has 0 aromatic carbocycles. The molecule has 0 aliphatic rings. The number of unbranched alkanes of at least 4 members (excludes halogenated alkanes) is 1. The van der Waals surface area contributed by atoms with Crippen LogP contribution in [0, 0.1) is 22.7 Å². The molecule has 0 aliphatic carbocycles. The van der Waals surface area contributed by atoms with Gasteiger partial charge in [-0.1, -0.05) is 33.1 Å². The molecule has 0 saturated heterocycles. The highest BCUT2D eigenvalue weighted by molar-refractivity contribution is 5.07. The number of nitrogens with zero attached hydrogens (tertiary/aromatic N) is 4. The molecule has 0 aromatic heterocycles. The van der Waals surface area contributed by atoms with Crippen LogP contribution in [0.3, 0.4) is 0 Å². The van der Waals surface area contributed by atoms with E-state index in [0.29, 0.717) is 12.8 Å². The first kappa shape index (κ1) is 15.6. The van der Waals surface area contributed by atoms with Crippen LogP contribution in [0.2, 0.25) is 0 Å². The van der Waals surface area contributed by atoms with Crippen LogP contribution in [0.4, 0.5) is 0 Å². The summed E-state index contributed by atoms with van der Waals surface area (Å²) in [5.41, 5.74) is -1.58. The summed E-state index contributed by atoms with van der Waals surface area (Å²) in [7, 11) is 0. The first-order valence-corrected chi connectivity index (χ1v) is 6.22. The second kappa shape index (κ2) is 7.01. The van der Waals surface area contributed by atoms with Gasteiger partial charge < -0.3 is 0 Å². The highest BCUT2D eigenvalue weighted by Crippen LogP contribution is 2.23. The van der Waals surface area contributed by atoms with Gasteiger partial charge in [-0.25, -0.2) is 0 Å². The molecule has 0 bridgehead atoms. The zero-order valence-corrected chi connectivity index (χ0v) is 11.3. The minimum Gasteiger partial charge on any atom is -0.196 e. The summed E-state index contributed by atoms with van der Waals surface area (Å²) < 4.78 is 0. The number of rotatable bonds is 7. The fraction of sp³-hybridized carbons (Fsp3) is 0.846. The minimum absolute atomic E-state index is 0.669. The van der Waals surface area contributed by atoms with Crippen molar-refractivity contribution in [1.82, 2.24) is 0 Å². The highest BCUT2D eigenvalue weighted by atomic mass is 15.2. The first-order chi connectivity index (χ1) is 7.95. The van der Waals surface area contributed by atoms with Gasteiger partial charge in [0.15, 0.2) is 11.1 Å². The average molecular weight is 234 g/mol. The van der Waals surface area contributed by atoms with E-state index in [-0.39, 0.29) is 0 Å². The van der Waals surface area contributed by atoms with Crippen molar-refractivity contribution in [2.75, 3.05) is 0 Å². The van der Waals surface area contributed by atoms with Gasteiger partial charge in [0.2, 0.25) is 0 Å². The van der Waals surface area contributed by atoms with Crippen molar-refractivity contribution < 1.29 is 0 Å². The van der Waals surface area contributed by atoms with E-state index in [2.05, 4.69) is 29.3 Å². The predicted octanol–water partition coefficient (Wildman–Crippen LogP) is 3.99. The topological polar surface area (TPSA) is 72.3 Å². The summed E-state index contributed by atoms with van der Waals surface area (Å²) in [6.07, 6.45) is 4.21. The van der Waals surface area contributed by atoms with E-state index in [1.54, 1.807) is 13.8 Å². The van der Waals surface area contributed by atoms with E-state index in [1.165, 1.54) is 0 Å². The maximum Gasteiger partial charge on any atom is 0.164 e. The monoisotopic (exact) mass is 234 g/mol. The second-order valence-electron chi connectivity index (χ2n) is 4.82. The van der Waals surface area contributed by atoms with Crippen molar-refractivity contribution in [3.05, 3.63) is 0 Å². The van der Waals surface area contributed by atoms with Gasteiger partial charge in [0.05, 0.1) is 12.1 Å². The van der Waals surface area contributed by atoms with Gasteiger partial charge in [-0.05, 0) is 26.7 Å². The van der Waals surface area contributed by atoms with Crippen LogP contribution in [0.25, 0.3) is 0 Å². The van der Waals surface area contributed by atoms with Crippen LogP contribution < -0.4 is 0 Å². The molecule has 2 atom stereocenters. The van der Waals surface area contributed by atoms with Crippen molar-refractivity contribution in [3.8, 4) is 12.1 Å². The van der Waals surface area contributed by atoms with E-state index in [4.69, 9.17) is 10.5 Å². The predicted molar refractivity (Wildman–Crippen MR) is 67.3 cm³/mol. The van der Waals surface area contributed by atoms with Crippen LogP contribution in [0.15, 0.2) is 10.2 Å². The number of azo groups is 1. The Morgan fingerprint density at radius 1 is 0.882 bits per heavy atom. The van der Waals surface area contributed by atoms with Crippen molar-refractivity contribution in [1.29, 1.82) is 10.5 Å². The molecule has 0 fully saturated rings. The Morgan fingerprint density at radius 3 is 1.71 bits per heavy atom. The molecule has 4 nitrogen and oxygen atoms in total. The van der Waals surface area contributed by atoms with Crippen LogP contribution >= 0.6 is 0 Å². The minimum atomic E-state index is -0.793. The van der Waals surface area contributed by atoms with Crippen molar-refractivity contribution in [2.24, 2.45) is 10.2 Å². The van der Waals surface area contributed by atoms with E-state index in [9.17, 15) is 0 Å². The summed E-state index contributed by atoms with van der Waals surface area (Å²) >= 11 is 0. The normalized spacial score (nSPS) is 18.0. The molecule has 2 unspecified atom stereocenters. The molecular weight excluding hydrogens is 212 g/mol. The second-order valence-corrected chi connectivity index (χ2v) is 4.82. The fourth-order valence-corrected chi connectivity index (χ4v) is 1.49. The Labute approximate surface area is 104 Å². The molecule has 0 aromatic rings. The lowest BCUT2D eigenvalue weighted by atomic mass is 9.97. The summed E-state index contributed by atoms with van der Waals surface area (Å²) in [5.74, 6) is 0. The van der Waals surface area contributed by atoms with Crippen LogP contribution in [-0.2, 0) is 0 Å². The summed E-state index contributed by atoms with van der Waals surface area (Å²) in [6, 6.07) is 4.34. The Bertz CT molecular complexity index is 336. The molecule has 0 N–H and O–H groups in total. The lowest BCUT2D eigenvalue weighted by Crippen LogP contribution is -2.23. The third-order valence-corrected chi connectivity index (χ3v) is 2.73. The van der Waals surface area contributed by atoms with Gasteiger partial charge in [0.25, 0.3) is 0 Å². The third-order valence-electron chi connectivity index (χ3n) is 2.73. The summed E-state index contributed by atoms with van der Waals surface area (Å²) in [6.45, 7) is 7.62. The maximum absolute atomic E-state index is 9.12. The highest BCUT2D eigenvalue weighted by Gasteiger charge is 2.27. The SMILES string of the molecule is CCCCC(C)(C#N)N=NC(C)(C#N)CCC. The molecule has 0 saturated carbocycles. The van der Waals surface area contributed by atoms with Crippen LogP contribution in [-0.4, -0.2) is 11.1 Å². The molecule has 0 heterocycles. The lowest BCUT2D eigenvalue weighted by Gasteiger charge is -2.18. The van der Waals surface area contributed by atoms with Crippen LogP contribution in [0.5, 0.6) is 0 Å².